The molecule has 0 aliphatic heterocycles. The van der Waals surface area contributed by atoms with Crippen molar-refractivity contribution in [1.82, 2.24) is 0 Å². The molecule has 110 valence electrons. The number of hydrogen-bond acceptors (Lipinski definition) is 3. The first-order valence-electron chi connectivity index (χ1n) is 6.54. The molecule has 0 saturated heterocycles. The summed E-state index contributed by atoms with van der Waals surface area (Å²) in [7, 11) is 0. The van der Waals surface area contributed by atoms with Gasteiger partial charge in [0.25, 0.3) is 0 Å². The van der Waals surface area contributed by atoms with Gasteiger partial charge in [0, 0.05) is 5.57 Å². The van der Waals surface area contributed by atoms with E-state index in [-0.39, 0.29) is 5.57 Å². The van der Waals surface area contributed by atoms with Crippen LogP contribution in [0.1, 0.15) is 25.3 Å². The lowest BCUT2D eigenvalue weighted by molar-refractivity contribution is -0.132. The van der Waals surface area contributed by atoms with Crippen LogP contribution in [0.2, 0.25) is 0 Å². The molecular weight excluding hydrogens is 252 g/mol. The number of carbonyl (C=O) groups is 1. The van der Waals surface area contributed by atoms with Crippen LogP contribution in [0.3, 0.4) is 0 Å². The van der Waals surface area contributed by atoms with Gasteiger partial charge in [0.2, 0.25) is 0 Å². The molecule has 4 heteroatoms. The molecule has 0 spiro atoms. The molecule has 0 aliphatic carbocycles. The molecule has 0 saturated carbocycles. The summed E-state index contributed by atoms with van der Waals surface area (Å²) in [6, 6.07) is 10.3. The van der Waals surface area contributed by atoms with Gasteiger partial charge in [-0.25, -0.2) is 4.79 Å². The third kappa shape index (κ3) is 9.08. The quantitative estimate of drug-likeness (QED) is 0.696. The van der Waals surface area contributed by atoms with E-state index in [2.05, 4.69) is 24.8 Å². The van der Waals surface area contributed by atoms with Crippen LogP contribution < -0.4 is 11.5 Å². The largest absolute Gasteiger partial charge is 0.478 e. The number of aliphatic carboxylic acids is 1. The summed E-state index contributed by atoms with van der Waals surface area (Å²) in [6.07, 6.45) is 4.05. The van der Waals surface area contributed by atoms with Crippen LogP contribution in [0.15, 0.2) is 48.1 Å². The average molecular weight is 276 g/mol. The van der Waals surface area contributed by atoms with E-state index >= 15 is 0 Å². The van der Waals surface area contributed by atoms with E-state index in [4.69, 9.17) is 16.6 Å². The lowest BCUT2D eigenvalue weighted by Gasteiger charge is -2.04. The Hall–Kier alpha value is -1.91. The van der Waals surface area contributed by atoms with Gasteiger partial charge < -0.3 is 16.6 Å². The van der Waals surface area contributed by atoms with Crippen LogP contribution in [0.4, 0.5) is 0 Å². The lowest BCUT2D eigenvalue weighted by atomic mass is 10.1. The van der Waals surface area contributed by atoms with E-state index in [0.29, 0.717) is 13.1 Å². The van der Waals surface area contributed by atoms with Gasteiger partial charge in [0.1, 0.15) is 0 Å². The fraction of sp³-hybridized carbons (Fsp3) is 0.312. The Morgan fingerprint density at radius 1 is 1.20 bits per heavy atom. The van der Waals surface area contributed by atoms with Crippen molar-refractivity contribution in [3.05, 3.63) is 53.6 Å². The van der Waals surface area contributed by atoms with E-state index in [1.165, 1.54) is 18.1 Å². The van der Waals surface area contributed by atoms with Crippen molar-refractivity contribution in [3.8, 4) is 0 Å². The summed E-state index contributed by atoms with van der Waals surface area (Å²) in [4.78, 5) is 9.60. The second-order valence-corrected chi connectivity index (χ2v) is 4.38. The first-order valence-corrected chi connectivity index (χ1v) is 6.54. The minimum Gasteiger partial charge on any atom is -0.478 e. The van der Waals surface area contributed by atoms with Crippen molar-refractivity contribution < 1.29 is 9.90 Å². The second kappa shape index (κ2) is 11.0. The molecule has 0 atom stereocenters. The van der Waals surface area contributed by atoms with Crippen molar-refractivity contribution >= 4 is 12.0 Å². The molecule has 4 nitrogen and oxygen atoms in total. The van der Waals surface area contributed by atoms with Crippen molar-refractivity contribution in [3.63, 3.8) is 0 Å². The third-order valence-corrected chi connectivity index (χ3v) is 2.47. The molecule has 0 aromatic heterocycles. The monoisotopic (exact) mass is 276 g/mol. The van der Waals surface area contributed by atoms with Crippen molar-refractivity contribution in [2.45, 2.75) is 19.8 Å². The Labute approximate surface area is 120 Å². The van der Waals surface area contributed by atoms with E-state index in [1.807, 2.05) is 18.2 Å². The fourth-order valence-corrected chi connectivity index (χ4v) is 1.43. The SMILES string of the molecule is C=C(C)C(=O)O.NCCC(=Cc1ccccc1)CCN. The summed E-state index contributed by atoms with van der Waals surface area (Å²) in [5, 5.41) is 7.89. The van der Waals surface area contributed by atoms with Crippen molar-refractivity contribution in [1.29, 1.82) is 0 Å². The number of carboxylic acid groups (broad SMARTS) is 1. The fourth-order valence-electron chi connectivity index (χ4n) is 1.43. The number of hydrogen-bond donors (Lipinski definition) is 3. The van der Waals surface area contributed by atoms with Crippen LogP contribution in [-0.2, 0) is 4.79 Å². The van der Waals surface area contributed by atoms with Gasteiger partial charge in [-0.1, -0.05) is 48.6 Å². The Morgan fingerprint density at radius 3 is 2.00 bits per heavy atom. The zero-order valence-electron chi connectivity index (χ0n) is 12.0. The summed E-state index contributed by atoms with van der Waals surface area (Å²) in [5.74, 6) is -0.935. The Bertz CT molecular complexity index is 419. The molecule has 0 fully saturated rings. The normalized spacial score (nSPS) is 9.15. The lowest BCUT2D eigenvalue weighted by Crippen LogP contribution is -2.05. The highest BCUT2D eigenvalue weighted by atomic mass is 16.4. The molecular formula is C16H24N2O2. The molecule has 0 amide bonds. The van der Waals surface area contributed by atoms with Gasteiger partial charge in [-0.15, -0.1) is 0 Å². The zero-order chi connectivity index (χ0) is 15.4. The van der Waals surface area contributed by atoms with Crippen molar-refractivity contribution in [2.75, 3.05) is 13.1 Å². The topological polar surface area (TPSA) is 89.3 Å². The first kappa shape index (κ1) is 18.1. The van der Waals surface area contributed by atoms with Crippen LogP contribution in [0.25, 0.3) is 6.08 Å². The maximum Gasteiger partial charge on any atom is 0.330 e. The van der Waals surface area contributed by atoms with Gasteiger partial charge in [0.05, 0.1) is 0 Å². The average Bonchev–Trinajstić information content (AvgIpc) is 2.41. The number of nitrogens with two attached hydrogens (primary N) is 2. The molecule has 0 unspecified atom stereocenters. The maximum atomic E-state index is 9.60. The van der Waals surface area contributed by atoms with Crippen LogP contribution in [-0.4, -0.2) is 24.2 Å². The van der Waals surface area contributed by atoms with Crippen LogP contribution >= 0.6 is 0 Å². The highest BCUT2D eigenvalue weighted by Gasteiger charge is 1.95. The van der Waals surface area contributed by atoms with Crippen LogP contribution in [0, 0.1) is 0 Å². The molecule has 0 aliphatic rings. The number of carboxylic acids is 1. The minimum absolute atomic E-state index is 0.176. The van der Waals surface area contributed by atoms with Gasteiger partial charge in [-0.05, 0) is 38.4 Å². The highest BCUT2D eigenvalue weighted by Crippen LogP contribution is 2.11. The summed E-state index contributed by atoms with van der Waals surface area (Å²) >= 11 is 0. The molecule has 0 heterocycles. The van der Waals surface area contributed by atoms with Gasteiger partial charge in [-0.2, -0.15) is 0 Å². The summed E-state index contributed by atoms with van der Waals surface area (Å²) in [6.45, 7) is 5.99. The van der Waals surface area contributed by atoms with E-state index < -0.39 is 5.97 Å². The smallest absolute Gasteiger partial charge is 0.330 e. The minimum atomic E-state index is -0.935. The summed E-state index contributed by atoms with van der Waals surface area (Å²) < 4.78 is 0. The molecule has 1 rings (SSSR count). The number of rotatable bonds is 6. The van der Waals surface area contributed by atoms with Gasteiger partial charge in [-0.3, -0.25) is 0 Å². The molecule has 1 aromatic carbocycles. The van der Waals surface area contributed by atoms with E-state index in [9.17, 15) is 4.79 Å². The molecule has 5 N–H and O–H groups in total. The van der Waals surface area contributed by atoms with Gasteiger partial charge in [0.15, 0.2) is 0 Å². The Kier molecular flexibility index (Phi) is 9.92. The predicted molar refractivity (Wildman–Crippen MR) is 84.2 cm³/mol. The first-order chi connectivity index (χ1) is 9.51. The van der Waals surface area contributed by atoms with E-state index in [1.54, 1.807) is 0 Å². The maximum absolute atomic E-state index is 9.60. The highest BCUT2D eigenvalue weighted by molar-refractivity contribution is 5.84. The van der Waals surface area contributed by atoms with E-state index in [0.717, 1.165) is 12.8 Å². The van der Waals surface area contributed by atoms with Gasteiger partial charge >= 0.3 is 5.97 Å². The third-order valence-electron chi connectivity index (χ3n) is 2.47. The molecule has 0 radical (unpaired) electrons. The van der Waals surface area contributed by atoms with Crippen LogP contribution in [0.5, 0.6) is 0 Å². The van der Waals surface area contributed by atoms with Crippen molar-refractivity contribution in [2.24, 2.45) is 11.5 Å². The Morgan fingerprint density at radius 2 is 1.65 bits per heavy atom. The standard InChI is InChI=1S/C12H18N2.C4H6O2/c13-8-6-12(7-9-14)10-11-4-2-1-3-5-11;1-3(2)4(5)6/h1-5,10H,6-9,13-14H2;1H2,2H3,(H,5,6). The predicted octanol–water partition coefficient (Wildman–Crippen LogP) is 2.41. The molecule has 1 aromatic rings. The second-order valence-electron chi connectivity index (χ2n) is 4.38. The Balaban J connectivity index is 0.000000511. The zero-order valence-corrected chi connectivity index (χ0v) is 12.0. The summed E-state index contributed by atoms with van der Waals surface area (Å²) in [5.41, 5.74) is 13.8. The molecule has 20 heavy (non-hydrogen) atoms. The molecule has 0 bridgehead atoms. The number of benzene rings is 1.